The zero-order chi connectivity index (χ0) is 18.7. The summed E-state index contributed by atoms with van der Waals surface area (Å²) in [6.07, 6.45) is 0. The number of anilines is 1. The highest BCUT2D eigenvalue weighted by atomic mass is 16.2. The van der Waals surface area contributed by atoms with Crippen LogP contribution in [0.15, 0.2) is 42.5 Å². The average molecular weight is 350 g/mol. The number of benzene rings is 2. The van der Waals surface area contributed by atoms with Crippen LogP contribution in [0, 0.1) is 13.8 Å². The van der Waals surface area contributed by atoms with Crippen LogP contribution in [0.3, 0.4) is 0 Å². The van der Waals surface area contributed by atoms with Gasteiger partial charge >= 0.3 is 0 Å². The molecule has 1 heterocycles. The molecule has 2 amide bonds. The van der Waals surface area contributed by atoms with Crippen molar-refractivity contribution in [3.63, 3.8) is 0 Å². The van der Waals surface area contributed by atoms with E-state index in [0.29, 0.717) is 17.0 Å². The summed E-state index contributed by atoms with van der Waals surface area (Å²) in [7, 11) is 0. The molecule has 3 aromatic rings. The van der Waals surface area contributed by atoms with Crippen LogP contribution in [-0.4, -0.2) is 32.0 Å². The van der Waals surface area contributed by atoms with Gasteiger partial charge in [0.05, 0.1) is 0 Å². The summed E-state index contributed by atoms with van der Waals surface area (Å²) in [6, 6.07) is 12.3. The van der Waals surface area contributed by atoms with Gasteiger partial charge in [0.2, 0.25) is 17.6 Å². The molecule has 26 heavy (non-hydrogen) atoms. The lowest BCUT2D eigenvalue weighted by atomic mass is 10.1. The number of rotatable bonds is 5. The standard InChI is InChI=1S/C18H18N6O2/c1-11-4-3-5-15(12(11)2)20-16(25)10-24-22-18(21-23-24)14-8-6-13(7-9-14)17(19)26/h3-9H,10H2,1-2H3,(H2,19,26)(H,20,25). The molecule has 0 saturated heterocycles. The van der Waals surface area contributed by atoms with Crippen LogP contribution in [0.25, 0.3) is 11.4 Å². The smallest absolute Gasteiger partial charge is 0.248 e. The highest BCUT2D eigenvalue weighted by molar-refractivity contribution is 5.93. The lowest BCUT2D eigenvalue weighted by Crippen LogP contribution is -2.21. The third kappa shape index (κ3) is 3.75. The molecule has 0 radical (unpaired) electrons. The third-order valence-corrected chi connectivity index (χ3v) is 4.04. The Morgan fingerprint density at radius 3 is 2.54 bits per heavy atom. The van der Waals surface area contributed by atoms with Gasteiger partial charge in [0.15, 0.2) is 0 Å². The van der Waals surface area contributed by atoms with E-state index in [9.17, 15) is 9.59 Å². The minimum atomic E-state index is -0.503. The third-order valence-electron chi connectivity index (χ3n) is 4.04. The molecule has 0 unspecified atom stereocenters. The molecule has 3 N–H and O–H groups in total. The maximum atomic E-state index is 12.2. The van der Waals surface area contributed by atoms with Gasteiger partial charge in [0.25, 0.3) is 0 Å². The van der Waals surface area contributed by atoms with E-state index in [4.69, 9.17) is 5.73 Å². The van der Waals surface area contributed by atoms with Gasteiger partial charge in [-0.2, -0.15) is 4.80 Å². The molecule has 8 nitrogen and oxygen atoms in total. The predicted molar refractivity (Wildman–Crippen MR) is 96.3 cm³/mol. The first-order valence-electron chi connectivity index (χ1n) is 7.98. The lowest BCUT2D eigenvalue weighted by molar-refractivity contribution is -0.117. The topological polar surface area (TPSA) is 116 Å². The molecular formula is C18H18N6O2. The Morgan fingerprint density at radius 1 is 1.12 bits per heavy atom. The van der Waals surface area contributed by atoms with Gasteiger partial charge in [0, 0.05) is 16.8 Å². The molecule has 0 aliphatic heterocycles. The number of aromatic nitrogens is 4. The Labute approximate surface area is 150 Å². The number of nitrogens with two attached hydrogens (primary N) is 1. The van der Waals surface area contributed by atoms with Gasteiger partial charge < -0.3 is 11.1 Å². The predicted octanol–water partition coefficient (Wildman–Crippen LogP) is 1.69. The van der Waals surface area contributed by atoms with Crippen molar-refractivity contribution in [3.8, 4) is 11.4 Å². The quantitative estimate of drug-likeness (QED) is 0.726. The Hall–Kier alpha value is -3.55. The zero-order valence-electron chi connectivity index (χ0n) is 14.4. The van der Waals surface area contributed by atoms with Crippen molar-refractivity contribution in [1.82, 2.24) is 20.2 Å². The van der Waals surface area contributed by atoms with Crippen molar-refractivity contribution >= 4 is 17.5 Å². The van der Waals surface area contributed by atoms with Gasteiger partial charge in [-0.05, 0) is 48.4 Å². The van der Waals surface area contributed by atoms with Gasteiger partial charge in [-0.1, -0.05) is 24.3 Å². The molecule has 0 fully saturated rings. The number of nitrogens with zero attached hydrogens (tertiary/aromatic N) is 4. The van der Waals surface area contributed by atoms with Crippen molar-refractivity contribution in [2.75, 3.05) is 5.32 Å². The van der Waals surface area contributed by atoms with E-state index in [1.807, 2.05) is 32.0 Å². The van der Waals surface area contributed by atoms with E-state index in [2.05, 4.69) is 20.7 Å². The number of hydrogen-bond donors (Lipinski definition) is 2. The van der Waals surface area contributed by atoms with E-state index >= 15 is 0 Å². The molecule has 0 atom stereocenters. The van der Waals surface area contributed by atoms with E-state index < -0.39 is 5.91 Å². The molecule has 1 aromatic heterocycles. The van der Waals surface area contributed by atoms with E-state index in [1.165, 1.54) is 4.80 Å². The lowest BCUT2D eigenvalue weighted by Gasteiger charge is -2.09. The molecule has 0 spiro atoms. The van der Waals surface area contributed by atoms with Crippen LogP contribution in [0.1, 0.15) is 21.5 Å². The Morgan fingerprint density at radius 2 is 1.85 bits per heavy atom. The van der Waals surface area contributed by atoms with E-state index in [0.717, 1.165) is 16.8 Å². The number of carbonyl (C=O) groups is 2. The van der Waals surface area contributed by atoms with Crippen molar-refractivity contribution in [2.24, 2.45) is 5.73 Å². The van der Waals surface area contributed by atoms with E-state index in [1.54, 1.807) is 24.3 Å². The second-order valence-electron chi connectivity index (χ2n) is 5.88. The van der Waals surface area contributed by atoms with Crippen LogP contribution in [-0.2, 0) is 11.3 Å². The highest BCUT2D eigenvalue weighted by Crippen LogP contribution is 2.18. The first-order chi connectivity index (χ1) is 12.4. The summed E-state index contributed by atoms with van der Waals surface area (Å²) in [6.45, 7) is 3.88. The normalized spacial score (nSPS) is 10.5. The highest BCUT2D eigenvalue weighted by Gasteiger charge is 2.11. The fourth-order valence-electron chi connectivity index (χ4n) is 2.41. The maximum Gasteiger partial charge on any atom is 0.248 e. The van der Waals surface area contributed by atoms with Crippen molar-refractivity contribution < 1.29 is 9.59 Å². The number of nitrogens with one attached hydrogen (secondary N) is 1. The fraction of sp³-hybridized carbons (Fsp3) is 0.167. The van der Waals surface area contributed by atoms with Gasteiger partial charge in [0.1, 0.15) is 6.54 Å². The molecular weight excluding hydrogens is 332 g/mol. The van der Waals surface area contributed by atoms with Crippen LogP contribution >= 0.6 is 0 Å². The Bertz CT molecular complexity index is 962. The molecule has 0 aliphatic rings. The number of carbonyl (C=O) groups excluding carboxylic acids is 2. The number of amides is 2. The minimum Gasteiger partial charge on any atom is -0.366 e. The number of tetrazole rings is 1. The molecule has 0 saturated carbocycles. The zero-order valence-corrected chi connectivity index (χ0v) is 14.4. The molecule has 0 aliphatic carbocycles. The van der Waals surface area contributed by atoms with Gasteiger partial charge in [-0.15, -0.1) is 10.2 Å². The number of hydrogen-bond acceptors (Lipinski definition) is 5. The minimum absolute atomic E-state index is 0.0558. The molecule has 8 heteroatoms. The molecule has 132 valence electrons. The second kappa shape index (κ2) is 7.14. The monoisotopic (exact) mass is 350 g/mol. The Balaban J connectivity index is 1.69. The summed E-state index contributed by atoms with van der Waals surface area (Å²) in [5.41, 5.74) is 9.17. The summed E-state index contributed by atoms with van der Waals surface area (Å²) < 4.78 is 0. The SMILES string of the molecule is Cc1cccc(NC(=O)Cn2nnc(-c3ccc(C(N)=O)cc3)n2)c1C. The summed E-state index contributed by atoms with van der Waals surface area (Å²) in [5.74, 6) is -0.386. The summed E-state index contributed by atoms with van der Waals surface area (Å²) >= 11 is 0. The molecule has 2 aromatic carbocycles. The first kappa shape index (κ1) is 17.3. The first-order valence-corrected chi connectivity index (χ1v) is 7.98. The molecule has 3 rings (SSSR count). The maximum absolute atomic E-state index is 12.2. The number of aryl methyl sites for hydroxylation is 1. The van der Waals surface area contributed by atoms with Crippen molar-refractivity contribution in [3.05, 3.63) is 59.2 Å². The van der Waals surface area contributed by atoms with Crippen LogP contribution < -0.4 is 11.1 Å². The Kier molecular flexibility index (Phi) is 4.74. The van der Waals surface area contributed by atoms with Crippen LogP contribution in [0.5, 0.6) is 0 Å². The summed E-state index contributed by atoms with van der Waals surface area (Å²) in [4.78, 5) is 24.5. The number of primary amides is 1. The van der Waals surface area contributed by atoms with E-state index in [-0.39, 0.29) is 12.5 Å². The van der Waals surface area contributed by atoms with Gasteiger partial charge in [-0.3, -0.25) is 9.59 Å². The van der Waals surface area contributed by atoms with Crippen molar-refractivity contribution in [1.29, 1.82) is 0 Å². The molecule has 0 bridgehead atoms. The second-order valence-corrected chi connectivity index (χ2v) is 5.88. The largest absolute Gasteiger partial charge is 0.366 e. The fourth-order valence-corrected chi connectivity index (χ4v) is 2.41. The average Bonchev–Trinajstić information content (AvgIpc) is 3.07. The van der Waals surface area contributed by atoms with Crippen molar-refractivity contribution in [2.45, 2.75) is 20.4 Å². The van der Waals surface area contributed by atoms with Gasteiger partial charge in [-0.25, -0.2) is 0 Å². The van der Waals surface area contributed by atoms with Crippen LogP contribution in [0.2, 0.25) is 0 Å². The van der Waals surface area contributed by atoms with Crippen LogP contribution in [0.4, 0.5) is 5.69 Å². The summed E-state index contributed by atoms with van der Waals surface area (Å²) in [5, 5.41) is 14.9.